The Bertz CT molecular complexity index is 573. The summed E-state index contributed by atoms with van der Waals surface area (Å²) in [5.41, 5.74) is 5.69. The second-order valence-electron chi connectivity index (χ2n) is 5.38. The Morgan fingerprint density at radius 2 is 2.19 bits per heavy atom. The van der Waals surface area contributed by atoms with Crippen molar-refractivity contribution < 1.29 is 0 Å². The summed E-state index contributed by atoms with van der Waals surface area (Å²) in [5, 5.41) is 3.39. The second kappa shape index (κ2) is 6.49. The quantitative estimate of drug-likeness (QED) is 0.863. The van der Waals surface area contributed by atoms with Gasteiger partial charge in [0, 0.05) is 25.5 Å². The van der Waals surface area contributed by atoms with Crippen LogP contribution in [-0.2, 0) is 6.54 Å². The molecule has 3 heterocycles. The highest BCUT2D eigenvalue weighted by molar-refractivity contribution is 5.33. The lowest BCUT2D eigenvalue weighted by Gasteiger charge is -2.15. The molecule has 2 aromatic rings. The standard InChI is InChI=1S/C15H20N6/c16-13-4-7-18-15(20-13)11-21-8-5-12(10-21)9-19-14-3-1-2-6-17-14/h1-4,6-7,12H,5,8-11H2,(H,17,19)(H2,16,18,20)/t12-/m1/s1. The van der Waals surface area contributed by atoms with Gasteiger partial charge in [-0.2, -0.15) is 0 Å². The van der Waals surface area contributed by atoms with Crippen molar-refractivity contribution in [2.45, 2.75) is 13.0 Å². The van der Waals surface area contributed by atoms with Crippen LogP contribution in [0.25, 0.3) is 0 Å². The van der Waals surface area contributed by atoms with E-state index < -0.39 is 0 Å². The first-order valence-electron chi connectivity index (χ1n) is 7.24. The van der Waals surface area contributed by atoms with Gasteiger partial charge in [0.15, 0.2) is 0 Å². The van der Waals surface area contributed by atoms with Crippen LogP contribution in [0.2, 0.25) is 0 Å². The van der Waals surface area contributed by atoms with Crippen LogP contribution in [0.3, 0.4) is 0 Å². The van der Waals surface area contributed by atoms with Crippen molar-refractivity contribution >= 4 is 11.6 Å². The molecule has 3 N–H and O–H groups in total. The summed E-state index contributed by atoms with van der Waals surface area (Å²) in [6.07, 6.45) is 4.70. The number of nitrogen functional groups attached to an aromatic ring is 1. The fourth-order valence-corrected chi connectivity index (χ4v) is 2.63. The van der Waals surface area contributed by atoms with E-state index in [0.29, 0.717) is 11.7 Å². The number of nitrogens with two attached hydrogens (primary N) is 1. The number of nitrogens with zero attached hydrogens (tertiary/aromatic N) is 4. The second-order valence-corrected chi connectivity index (χ2v) is 5.38. The maximum absolute atomic E-state index is 5.69. The smallest absolute Gasteiger partial charge is 0.144 e. The van der Waals surface area contributed by atoms with Crippen molar-refractivity contribution in [3.05, 3.63) is 42.5 Å². The van der Waals surface area contributed by atoms with Crippen molar-refractivity contribution in [2.75, 3.05) is 30.7 Å². The summed E-state index contributed by atoms with van der Waals surface area (Å²) in [7, 11) is 0. The van der Waals surface area contributed by atoms with Gasteiger partial charge in [-0.1, -0.05) is 6.07 Å². The van der Waals surface area contributed by atoms with Crippen LogP contribution >= 0.6 is 0 Å². The van der Waals surface area contributed by atoms with Crippen molar-refractivity contribution in [1.82, 2.24) is 19.9 Å². The van der Waals surface area contributed by atoms with E-state index in [-0.39, 0.29) is 0 Å². The lowest BCUT2D eigenvalue weighted by atomic mass is 10.1. The van der Waals surface area contributed by atoms with Crippen molar-refractivity contribution in [2.24, 2.45) is 5.92 Å². The molecule has 1 fully saturated rings. The molecular weight excluding hydrogens is 264 g/mol. The highest BCUT2D eigenvalue weighted by Crippen LogP contribution is 2.18. The van der Waals surface area contributed by atoms with E-state index in [4.69, 9.17) is 5.73 Å². The fraction of sp³-hybridized carbons (Fsp3) is 0.400. The summed E-state index contributed by atoms with van der Waals surface area (Å²) in [5.74, 6) is 2.91. The topological polar surface area (TPSA) is 80.0 Å². The summed E-state index contributed by atoms with van der Waals surface area (Å²) in [6.45, 7) is 3.85. The molecular formula is C15H20N6. The molecule has 110 valence electrons. The molecule has 0 aromatic carbocycles. The van der Waals surface area contributed by atoms with Crippen molar-refractivity contribution in [3.63, 3.8) is 0 Å². The Balaban J connectivity index is 1.47. The normalized spacial score (nSPS) is 18.8. The summed E-state index contributed by atoms with van der Waals surface area (Å²) < 4.78 is 0. The van der Waals surface area contributed by atoms with E-state index in [1.807, 2.05) is 18.2 Å². The monoisotopic (exact) mass is 284 g/mol. The van der Waals surface area contributed by atoms with Gasteiger partial charge in [-0.15, -0.1) is 0 Å². The number of pyridine rings is 1. The number of rotatable bonds is 5. The van der Waals surface area contributed by atoms with Gasteiger partial charge in [-0.3, -0.25) is 4.90 Å². The molecule has 1 atom stereocenters. The molecule has 1 aliphatic heterocycles. The average molecular weight is 284 g/mol. The molecule has 0 saturated carbocycles. The minimum absolute atomic E-state index is 0.535. The van der Waals surface area contributed by atoms with Crippen LogP contribution in [0.1, 0.15) is 12.2 Å². The van der Waals surface area contributed by atoms with Crippen LogP contribution in [0, 0.1) is 5.92 Å². The van der Waals surface area contributed by atoms with E-state index in [9.17, 15) is 0 Å². The van der Waals surface area contributed by atoms with Crippen LogP contribution < -0.4 is 11.1 Å². The first-order chi connectivity index (χ1) is 10.3. The zero-order chi connectivity index (χ0) is 14.5. The molecule has 1 aliphatic rings. The molecule has 0 aliphatic carbocycles. The number of hydrogen-bond acceptors (Lipinski definition) is 6. The number of likely N-dealkylation sites (tertiary alicyclic amines) is 1. The van der Waals surface area contributed by atoms with Gasteiger partial charge in [-0.05, 0) is 37.1 Å². The van der Waals surface area contributed by atoms with Crippen LogP contribution in [0.4, 0.5) is 11.6 Å². The molecule has 0 bridgehead atoms. The zero-order valence-corrected chi connectivity index (χ0v) is 11.9. The number of aromatic nitrogens is 3. The highest BCUT2D eigenvalue weighted by Gasteiger charge is 2.22. The number of anilines is 2. The van der Waals surface area contributed by atoms with Gasteiger partial charge in [0.05, 0.1) is 6.54 Å². The van der Waals surface area contributed by atoms with E-state index in [2.05, 4.69) is 25.2 Å². The Morgan fingerprint density at radius 1 is 1.24 bits per heavy atom. The maximum Gasteiger partial charge on any atom is 0.144 e. The zero-order valence-electron chi connectivity index (χ0n) is 11.9. The van der Waals surface area contributed by atoms with Gasteiger partial charge in [0.2, 0.25) is 0 Å². The molecule has 0 amide bonds. The third-order valence-electron chi connectivity index (χ3n) is 3.70. The summed E-state index contributed by atoms with van der Waals surface area (Å²) in [4.78, 5) is 15.2. The van der Waals surface area contributed by atoms with Gasteiger partial charge in [-0.25, -0.2) is 15.0 Å². The molecule has 21 heavy (non-hydrogen) atoms. The number of nitrogens with one attached hydrogen (secondary N) is 1. The molecule has 0 spiro atoms. The van der Waals surface area contributed by atoms with E-state index in [1.54, 1.807) is 18.5 Å². The first-order valence-corrected chi connectivity index (χ1v) is 7.24. The molecule has 6 nitrogen and oxygen atoms in total. The van der Waals surface area contributed by atoms with E-state index in [0.717, 1.165) is 37.8 Å². The molecule has 2 aromatic heterocycles. The predicted octanol–water partition coefficient (Wildman–Crippen LogP) is 1.39. The third kappa shape index (κ3) is 3.88. The lowest BCUT2D eigenvalue weighted by Crippen LogP contribution is -2.23. The first kappa shape index (κ1) is 13.8. The molecule has 0 radical (unpaired) electrons. The van der Waals surface area contributed by atoms with Crippen LogP contribution in [0.5, 0.6) is 0 Å². The minimum Gasteiger partial charge on any atom is -0.384 e. The van der Waals surface area contributed by atoms with Crippen molar-refractivity contribution in [1.29, 1.82) is 0 Å². The van der Waals surface area contributed by atoms with Gasteiger partial charge < -0.3 is 11.1 Å². The number of hydrogen-bond donors (Lipinski definition) is 2. The Hall–Kier alpha value is -2.21. The Morgan fingerprint density at radius 3 is 3.00 bits per heavy atom. The lowest BCUT2D eigenvalue weighted by molar-refractivity contribution is 0.310. The molecule has 0 unspecified atom stereocenters. The van der Waals surface area contributed by atoms with Crippen molar-refractivity contribution in [3.8, 4) is 0 Å². The van der Waals surface area contributed by atoms with Gasteiger partial charge >= 0.3 is 0 Å². The average Bonchev–Trinajstić information content (AvgIpc) is 2.94. The molecule has 3 rings (SSSR count). The highest BCUT2D eigenvalue weighted by atomic mass is 15.2. The van der Waals surface area contributed by atoms with Gasteiger partial charge in [0.1, 0.15) is 17.5 Å². The molecule has 1 saturated heterocycles. The minimum atomic E-state index is 0.535. The Labute approximate surface area is 124 Å². The van der Waals surface area contributed by atoms with E-state index >= 15 is 0 Å². The summed E-state index contributed by atoms with van der Waals surface area (Å²) >= 11 is 0. The largest absolute Gasteiger partial charge is 0.384 e. The SMILES string of the molecule is Nc1ccnc(CN2CC[C@H](CNc3ccccn3)C2)n1. The predicted molar refractivity (Wildman–Crippen MR) is 82.6 cm³/mol. The molecule has 6 heteroatoms. The Kier molecular flexibility index (Phi) is 4.25. The third-order valence-corrected chi connectivity index (χ3v) is 3.70. The van der Waals surface area contributed by atoms with Gasteiger partial charge in [0.25, 0.3) is 0 Å². The summed E-state index contributed by atoms with van der Waals surface area (Å²) in [6, 6.07) is 7.63. The van der Waals surface area contributed by atoms with Crippen LogP contribution in [-0.4, -0.2) is 39.5 Å². The van der Waals surface area contributed by atoms with Crippen LogP contribution in [0.15, 0.2) is 36.7 Å². The maximum atomic E-state index is 5.69. The van der Waals surface area contributed by atoms with E-state index in [1.165, 1.54) is 6.42 Å². The fourth-order valence-electron chi connectivity index (χ4n) is 2.63.